The van der Waals surface area contributed by atoms with Crippen molar-refractivity contribution in [1.29, 1.82) is 5.26 Å². The number of amides is 1. The summed E-state index contributed by atoms with van der Waals surface area (Å²) in [5.41, 5.74) is 8.14. The van der Waals surface area contributed by atoms with Gasteiger partial charge in [-0.05, 0) is 37.7 Å². The minimum Gasteiger partial charge on any atom is -0.397 e. The summed E-state index contributed by atoms with van der Waals surface area (Å²) in [7, 11) is 0. The second-order valence-electron chi connectivity index (χ2n) is 6.65. The summed E-state index contributed by atoms with van der Waals surface area (Å²) < 4.78 is 1.82. The number of piperidine rings is 1. The van der Waals surface area contributed by atoms with Gasteiger partial charge in [0, 0.05) is 18.8 Å². The maximum absolute atomic E-state index is 12.6. The number of hydrogen-bond acceptors (Lipinski definition) is 3. The molecule has 0 bridgehead atoms. The van der Waals surface area contributed by atoms with Gasteiger partial charge in [-0.1, -0.05) is 26.7 Å². The van der Waals surface area contributed by atoms with Crippen LogP contribution in [0.2, 0.25) is 0 Å². The van der Waals surface area contributed by atoms with Crippen LogP contribution in [0.3, 0.4) is 0 Å². The summed E-state index contributed by atoms with van der Waals surface area (Å²) in [6.45, 7) is 6.27. The molecule has 1 aliphatic rings. The van der Waals surface area contributed by atoms with Gasteiger partial charge in [0.05, 0.1) is 5.69 Å². The molecule has 0 saturated carbocycles. The van der Waals surface area contributed by atoms with Crippen LogP contribution in [0.1, 0.15) is 57.3 Å². The molecule has 126 valence electrons. The van der Waals surface area contributed by atoms with Crippen molar-refractivity contribution in [2.45, 2.75) is 58.9 Å². The van der Waals surface area contributed by atoms with Gasteiger partial charge < -0.3 is 15.2 Å². The predicted octanol–water partition coefficient (Wildman–Crippen LogP) is 2.93. The lowest BCUT2D eigenvalue weighted by atomic mass is 9.99. The van der Waals surface area contributed by atoms with Crippen LogP contribution < -0.4 is 5.73 Å². The number of unbranched alkanes of at least 4 members (excludes halogenated alkanes) is 2. The second-order valence-corrected chi connectivity index (χ2v) is 6.65. The Bertz CT molecular complexity index is 577. The maximum atomic E-state index is 12.6. The first-order chi connectivity index (χ1) is 11.1. The van der Waals surface area contributed by atoms with Crippen molar-refractivity contribution in [3.63, 3.8) is 0 Å². The topological polar surface area (TPSA) is 75.0 Å². The average molecular weight is 316 g/mol. The van der Waals surface area contributed by atoms with Gasteiger partial charge in [0.2, 0.25) is 5.91 Å². The van der Waals surface area contributed by atoms with Crippen molar-refractivity contribution in [3.05, 3.63) is 17.5 Å². The molecule has 2 N–H and O–H groups in total. The Morgan fingerprint density at radius 3 is 2.70 bits per heavy atom. The Kier molecular flexibility index (Phi) is 6.09. The maximum Gasteiger partial charge on any atom is 0.242 e. The van der Waals surface area contributed by atoms with Crippen LogP contribution in [0, 0.1) is 17.2 Å². The van der Waals surface area contributed by atoms with Gasteiger partial charge >= 0.3 is 0 Å². The molecule has 0 radical (unpaired) electrons. The molecule has 0 unspecified atom stereocenters. The van der Waals surface area contributed by atoms with E-state index in [9.17, 15) is 10.1 Å². The minimum atomic E-state index is 0.0979. The number of nitriles is 1. The van der Waals surface area contributed by atoms with Gasteiger partial charge in [-0.25, -0.2) is 0 Å². The summed E-state index contributed by atoms with van der Waals surface area (Å²) >= 11 is 0. The quantitative estimate of drug-likeness (QED) is 0.820. The van der Waals surface area contributed by atoms with E-state index in [0.29, 0.717) is 17.3 Å². The molecule has 2 heterocycles. The molecule has 2 rings (SSSR count). The van der Waals surface area contributed by atoms with E-state index >= 15 is 0 Å². The van der Waals surface area contributed by atoms with E-state index < -0.39 is 0 Å². The van der Waals surface area contributed by atoms with E-state index in [1.54, 1.807) is 6.07 Å². The molecule has 0 atom stereocenters. The largest absolute Gasteiger partial charge is 0.397 e. The molecule has 1 saturated heterocycles. The van der Waals surface area contributed by atoms with Crippen LogP contribution in [0.4, 0.5) is 5.69 Å². The van der Waals surface area contributed by atoms with E-state index in [1.165, 1.54) is 0 Å². The zero-order chi connectivity index (χ0) is 16.8. The molecule has 1 amide bonds. The lowest BCUT2D eigenvalue weighted by Gasteiger charge is -2.30. The third kappa shape index (κ3) is 4.28. The van der Waals surface area contributed by atoms with Gasteiger partial charge in [0.1, 0.15) is 18.3 Å². The van der Waals surface area contributed by atoms with Gasteiger partial charge in [0.25, 0.3) is 0 Å². The minimum absolute atomic E-state index is 0.0979. The SMILES string of the molecule is CCCCCc1c(N)cc(C#N)n1CC(=O)N1CCC(C)CC1. The van der Waals surface area contributed by atoms with Gasteiger partial charge in [-0.3, -0.25) is 4.79 Å². The molecule has 1 aromatic heterocycles. The van der Waals surface area contributed by atoms with Crippen LogP contribution in [-0.4, -0.2) is 28.5 Å². The fourth-order valence-corrected chi connectivity index (χ4v) is 3.20. The molecular formula is C18H28N4O. The highest BCUT2D eigenvalue weighted by molar-refractivity contribution is 5.77. The summed E-state index contributed by atoms with van der Waals surface area (Å²) in [4.78, 5) is 14.5. The zero-order valence-electron chi connectivity index (χ0n) is 14.3. The van der Waals surface area contributed by atoms with Crippen LogP contribution in [0.5, 0.6) is 0 Å². The summed E-state index contributed by atoms with van der Waals surface area (Å²) in [5, 5.41) is 9.33. The first kappa shape index (κ1) is 17.4. The number of nitrogens with zero attached hydrogens (tertiary/aromatic N) is 3. The van der Waals surface area contributed by atoms with Gasteiger partial charge in [0.15, 0.2) is 0 Å². The number of nitrogens with two attached hydrogens (primary N) is 1. The lowest BCUT2D eigenvalue weighted by molar-refractivity contribution is -0.133. The fraction of sp³-hybridized carbons (Fsp3) is 0.667. The number of rotatable bonds is 6. The number of aromatic nitrogens is 1. The van der Waals surface area contributed by atoms with E-state index in [1.807, 2.05) is 9.47 Å². The van der Waals surface area contributed by atoms with Crippen molar-refractivity contribution in [2.75, 3.05) is 18.8 Å². The Balaban J connectivity index is 2.11. The van der Waals surface area contributed by atoms with Crippen molar-refractivity contribution in [2.24, 2.45) is 5.92 Å². The van der Waals surface area contributed by atoms with Crippen molar-refractivity contribution in [1.82, 2.24) is 9.47 Å². The molecule has 23 heavy (non-hydrogen) atoms. The summed E-state index contributed by atoms with van der Waals surface area (Å²) in [6.07, 6.45) is 6.25. The first-order valence-electron chi connectivity index (χ1n) is 8.72. The van der Waals surface area contributed by atoms with E-state index in [-0.39, 0.29) is 12.5 Å². The van der Waals surface area contributed by atoms with E-state index in [2.05, 4.69) is 19.9 Å². The van der Waals surface area contributed by atoms with Crippen LogP contribution >= 0.6 is 0 Å². The lowest BCUT2D eigenvalue weighted by Crippen LogP contribution is -2.40. The van der Waals surface area contributed by atoms with Crippen LogP contribution in [-0.2, 0) is 17.8 Å². The number of likely N-dealkylation sites (tertiary alicyclic amines) is 1. The highest BCUT2D eigenvalue weighted by Gasteiger charge is 2.22. The average Bonchev–Trinajstić information content (AvgIpc) is 2.84. The van der Waals surface area contributed by atoms with Gasteiger partial charge in [-0.15, -0.1) is 0 Å². The number of carbonyl (C=O) groups excluding carboxylic acids is 1. The smallest absolute Gasteiger partial charge is 0.242 e. The van der Waals surface area contributed by atoms with Crippen molar-refractivity contribution >= 4 is 11.6 Å². The molecule has 1 aromatic rings. The standard InChI is InChI=1S/C18H28N4O/c1-3-4-5-6-17-16(20)11-15(12-19)22(17)13-18(23)21-9-7-14(2)8-10-21/h11,14H,3-10,13,20H2,1-2H3. The highest BCUT2D eigenvalue weighted by Crippen LogP contribution is 2.22. The Morgan fingerprint density at radius 2 is 2.09 bits per heavy atom. The fourth-order valence-electron chi connectivity index (χ4n) is 3.20. The predicted molar refractivity (Wildman–Crippen MR) is 91.8 cm³/mol. The third-order valence-electron chi connectivity index (χ3n) is 4.80. The third-order valence-corrected chi connectivity index (χ3v) is 4.80. The van der Waals surface area contributed by atoms with E-state index in [0.717, 1.165) is 57.3 Å². The van der Waals surface area contributed by atoms with Crippen molar-refractivity contribution < 1.29 is 4.79 Å². The Morgan fingerprint density at radius 1 is 1.39 bits per heavy atom. The molecule has 1 fully saturated rings. The molecule has 0 aliphatic carbocycles. The highest BCUT2D eigenvalue weighted by atomic mass is 16.2. The molecule has 0 aromatic carbocycles. The number of anilines is 1. The normalized spacial score (nSPS) is 15.6. The van der Waals surface area contributed by atoms with Crippen LogP contribution in [0.25, 0.3) is 0 Å². The van der Waals surface area contributed by atoms with E-state index in [4.69, 9.17) is 5.73 Å². The summed E-state index contributed by atoms with van der Waals surface area (Å²) in [6, 6.07) is 3.88. The zero-order valence-corrected chi connectivity index (χ0v) is 14.3. The summed E-state index contributed by atoms with van der Waals surface area (Å²) in [5.74, 6) is 0.793. The van der Waals surface area contributed by atoms with Crippen LogP contribution in [0.15, 0.2) is 6.07 Å². The monoisotopic (exact) mass is 316 g/mol. The van der Waals surface area contributed by atoms with Gasteiger partial charge in [-0.2, -0.15) is 5.26 Å². The Hall–Kier alpha value is -1.96. The van der Waals surface area contributed by atoms with Crippen molar-refractivity contribution in [3.8, 4) is 6.07 Å². The Labute approximate surface area is 139 Å². The number of hydrogen-bond donors (Lipinski definition) is 1. The number of carbonyl (C=O) groups is 1. The number of nitrogen functional groups attached to an aromatic ring is 1. The molecule has 1 aliphatic heterocycles. The molecule has 5 nitrogen and oxygen atoms in total. The molecule has 5 heteroatoms. The second kappa shape index (κ2) is 8.05. The first-order valence-corrected chi connectivity index (χ1v) is 8.72. The molecular weight excluding hydrogens is 288 g/mol. The molecule has 0 spiro atoms.